The predicted octanol–water partition coefficient (Wildman–Crippen LogP) is 0.146. The molecule has 1 heterocycles. The molecule has 8 nitrogen and oxygen atoms in total. The molecule has 1 atom stereocenters. The normalized spacial score (nSPS) is 16.3. The number of benzene rings is 1. The molecule has 1 aliphatic heterocycles. The smallest absolute Gasteiger partial charge is 0.307 e. The molecule has 2 rings (SSSR count). The van der Waals surface area contributed by atoms with Gasteiger partial charge in [0.15, 0.2) is 6.10 Å². The minimum absolute atomic E-state index is 0.103. The van der Waals surface area contributed by atoms with Gasteiger partial charge in [0, 0.05) is 19.6 Å². The molecule has 0 spiro atoms. The van der Waals surface area contributed by atoms with Crippen LogP contribution in [0.2, 0.25) is 0 Å². The molecule has 0 radical (unpaired) electrons. The molecule has 0 aromatic heterocycles. The summed E-state index contributed by atoms with van der Waals surface area (Å²) in [6.45, 7) is 3.27. The van der Waals surface area contributed by atoms with Crippen LogP contribution in [-0.2, 0) is 29.1 Å². The monoisotopic (exact) mass is 370 g/mol. The van der Waals surface area contributed by atoms with Crippen molar-refractivity contribution in [3.8, 4) is 0 Å². The van der Waals surface area contributed by atoms with Crippen LogP contribution in [0.25, 0.3) is 0 Å². The van der Waals surface area contributed by atoms with Gasteiger partial charge in [-0.05, 0) is 19.1 Å². The third-order valence-electron chi connectivity index (χ3n) is 3.65. The molecule has 0 bridgehead atoms. The summed E-state index contributed by atoms with van der Waals surface area (Å²) < 4.78 is 36.6. The number of rotatable bonds is 7. The largest absolute Gasteiger partial charge is 0.452 e. The van der Waals surface area contributed by atoms with Crippen LogP contribution in [0.5, 0.6) is 0 Å². The lowest BCUT2D eigenvalue weighted by molar-refractivity contribution is -0.160. The summed E-state index contributed by atoms with van der Waals surface area (Å²) in [5, 5.41) is 0. The Morgan fingerprint density at radius 1 is 1.24 bits per heavy atom. The van der Waals surface area contributed by atoms with Crippen molar-refractivity contribution in [1.82, 2.24) is 9.62 Å². The molecule has 1 amide bonds. The topological polar surface area (TPSA) is 102 Å². The van der Waals surface area contributed by atoms with Crippen LogP contribution in [0.1, 0.15) is 13.3 Å². The lowest BCUT2D eigenvalue weighted by Crippen LogP contribution is -2.46. The minimum Gasteiger partial charge on any atom is -0.452 e. The quantitative estimate of drug-likeness (QED) is 0.686. The first-order valence-corrected chi connectivity index (χ1v) is 9.49. The van der Waals surface area contributed by atoms with Gasteiger partial charge < -0.3 is 14.4 Å². The highest BCUT2D eigenvalue weighted by Crippen LogP contribution is 2.07. The molecule has 9 heteroatoms. The fourth-order valence-corrected chi connectivity index (χ4v) is 3.37. The highest BCUT2D eigenvalue weighted by molar-refractivity contribution is 7.89. The Hall–Kier alpha value is -1.97. The van der Waals surface area contributed by atoms with Crippen LogP contribution in [0.4, 0.5) is 0 Å². The second kappa shape index (κ2) is 8.93. The standard InChI is InChI=1S/C16H22N2O6S/c1-13(16(20)18-9-11-23-12-10-18)24-15(19)7-8-17-25(21,22)14-5-3-2-4-6-14/h2-6,13,17H,7-12H2,1H3/t13-/m0/s1. The number of carbonyl (C=O) groups excluding carboxylic acids is 2. The van der Waals surface area contributed by atoms with E-state index in [9.17, 15) is 18.0 Å². The predicted molar refractivity (Wildman–Crippen MR) is 89.2 cm³/mol. The number of nitrogens with zero attached hydrogens (tertiary/aromatic N) is 1. The number of hydrogen-bond acceptors (Lipinski definition) is 6. The highest BCUT2D eigenvalue weighted by atomic mass is 32.2. The van der Waals surface area contributed by atoms with Crippen molar-refractivity contribution < 1.29 is 27.5 Å². The van der Waals surface area contributed by atoms with Crippen molar-refractivity contribution in [2.45, 2.75) is 24.3 Å². The number of morpholine rings is 1. The Balaban J connectivity index is 1.75. The lowest BCUT2D eigenvalue weighted by Gasteiger charge is -2.28. The van der Waals surface area contributed by atoms with Gasteiger partial charge in [-0.3, -0.25) is 9.59 Å². The zero-order valence-electron chi connectivity index (χ0n) is 14.0. The van der Waals surface area contributed by atoms with Crippen molar-refractivity contribution in [2.24, 2.45) is 0 Å². The van der Waals surface area contributed by atoms with E-state index >= 15 is 0 Å². The number of carbonyl (C=O) groups is 2. The van der Waals surface area contributed by atoms with E-state index < -0.39 is 22.1 Å². The summed E-state index contributed by atoms with van der Waals surface area (Å²) in [6.07, 6.45) is -1.07. The maximum Gasteiger partial charge on any atom is 0.307 e. The van der Waals surface area contributed by atoms with Gasteiger partial charge in [-0.2, -0.15) is 0 Å². The maximum atomic E-state index is 12.1. The Bertz CT molecular complexity index is 686. The number of nitrogens with one attached hydrogen (secondary N) is 1. The number of hydrogen-bond donors (Lipinski definition) is 1. The number of esters is 1. The average Bonchev–Trinajstić information content (AvgIpc) is 2.62. The van der Waals surface area contributed by atoms with E-state index in [1.165, 1.54) is 19.1 Å². The van der Waals surface area contributed by atoms with E-state index in [-0.39, 0.29) is 23.8 Å². The van der Waals surface area contributed by atoms with Crippen molar-refractivity contribution in [1.29, 1.82) is 0 Å². The van der Waals surface area contributed by atoms with Gasteiger partial charge in [0.25, 0.3) is 5.91 Å². The van der Waals surface area contributed by atoms with Crippen molar-refractivity contribution in [3.63, 3.8) is 0 Å². The highest BCUT2D eigenvalue weighted by Gasteiger charge is 2.25. The zero-order chi connectivity index (χ0) is 18.3. The van der Waals surface area contributed by atoms with Crippen molar-refractivity contribution in [3.05, 3.63) is 30.3 Å². The average molecular weight is 370 g/mol. The van der Waals surface area contributed by atoms with Gasteiger partial charge >= 0.3 is 5.97 Å². The fraction of sp³-hybridized carbons (Fsp3) is 0.500. The third-order valence-corrected chi connectivity index (χ3v) is 5.13. The molecule has 1 fully saturated rings. The molecule has 0 saturated carbocycles. The summed E-state index contributed by atoms with van der Waals surface area (Å²) >= 11 is 0. The van der Waals surface area contributed by atoms with E-state index in [1.54, 1.807) is 23.1 Å². The molecule has 1 N–H and O–H groups in total. The molecular formula is C16H22N2O6S. The summed E-state index contributed by atoms with van der Waals surface area (Å²) in [4.78, 5) is 25.7. The van der Waals surface area contributed by atoms with Gasteiger partial charge in [-0.25, -0.2) is 13.1 Å². The first-order valence-electron chi connectivity index (χ1n) is 8.01. The SMILES string of the molecule is C[C@H](OC(=O)CCNS(=O)(=O)c1ccccc1)C(=O)N1CCOCC1. The third kappa shape index (κ3) is 5.80. The molecule has 138 valence electrons. The summed E-state index contributed by atoms with van der Waals surface area (Å²) in [5.41, 5.74) is 0. The maximum absolute atomic E-state index is 12.1. The van der Waals surface area contributed by atoms with E-state index in [0.29, 0.717) is 26.3 Å². The molecule has 25 heavy (non-hydrogen) atoms. The second-order valence-corrected chi connectivity index (χ2v) is 7.30. The second-order valence-electron chi connectivity index (χ2n) is 5.53. The number of sulfonamides is 1. The molecule has 1 aromatic carbocycles. The Morgan fingerprint density at radius 3 is 2.52 bits per heavy atom. The number of ether oxygens (including phenoxy) is 2. The van der Waals surface area contributed by atoms with Crippen LogP contribution in [0, 0.1) is 0 Å². The zero-order valence-corrected chi connectivity index (χ0v) is 14.8. The van der Waals surface area contributed by atoms with Crippen LogP contribution in [0.3, 0.4) is 0 Å². The molecule has 1 aromatic rings. The van der Waals surface area contributed by atoms with E-state index in [1.807, 2.05) is 0 Å². The molecular weight excluding hydrogens is 348 g/mol. The van der Waals surface area contributed by atoms with Gasteiger partial charge in [0.05, 0.1) is 24.5 Å². The molecule has 1 saturated heterocycles. The summed E-state index contributed by atoms with van der Waals surface area (Å²) in [6, 6.07) is 7.86. The van der Waals surface area contributed by atoms with Gasteiger partial charge in [0.1, 0.15) is 0 Å². The summed E-state index contributed by atoms with van der Waals surface area (Å²) in [5.74, 6) is -0.911. The first-order chi connectivity index (χ1) is 11.9. The fourth-order valence-electron chi connectivity index (χ4n) is 2.32. The Morgan fingerprint density at radius 2 is 1.88 bits per heavy atom. The van der Waals surface area contributed by atoms with Gasteiger partial charge in [-0.15, -0.1) is 0 Å². The number of amides is 1. The van der Waals surface area contributed by atoms with Gasteiger partial charge in [-0.1, -0.05) is 18.2 Å². The lowest BCUT2D eigenvalue weighted by atomic mass is 10.3. The van der Waals surface area contributed by atoms with Crippen molar-refractivity contribution in [2.75, 3.05) is 32.8 Å². The van der Waals surface area contributed by atoms with Crippen LogP contribution in [-0.4, -0.2) is 64.1 Å². The van der Waals surface area contributed by atoms with E-state index in [2.05, 4.69) is 4.72 Å². The van der Waals surface area contributed by atoms with Crippen molar-refractivity contribution >= 4 is 21.9 Å². The Kier molecular flexibility index (Phi) is 6.91. The van der Waals surface area contributed by atoms with E-state index in [4.69, 9.17) is 9.47 Å². The molecule has 0 aliphatic carbocycles. The first kappa shape index (κ1) is 19.4. The molecule has 1 aliphatic rings. The molecule has 0 unspecified atom stereocenters. The summed E-state index contributed by atoms with van der Waals surface area (Å²) in [7, 11) is -3.66. The van der Waals surface area contributed by atoms with Gasteiger partial charge in [0.2, 0.25) is 10.0 Å². The minimum atomic E-state index is -3.66. The Labute approximate surface area is 147 Å². The van der Waals surface area contributed by atoms with E-state index in [0.717, 1.165) is 0 Å². The van der Waals surface area contributed by atoms with Crippen LogP contribution in [0.15, 0.2) is 35.2 Å². The van der Waals surface area contributed by atoms with Crippen LogP contribution >= 0.6 is 0 Å². The van der Waals surface area contributed by atoms with Crippen LogP contribution < -0.4 is 4.72 Å².